The molecule has 1 aliphatic heterocycles. The Morgan fingerprint density at radius 1 is 0.897 bits per heavy atom. The van der Waals surface area contributed by atoms with Gasteiger partial charge in [-0.1, -0.05) is 79.7 Å². The summed E-state index contributed by atoms with van der Waals surface area (Å²) in [5.74, 6) is -1.35. The van der Waals surface area contributed by atoms with Gasteiger partial charge in [0.2, 0.25) is 11.8 Å². The number of carbonyl (C=O) groups is 3. The molecule has 0 unspecified atom stereocenters. The monoisotopic (exact) mass is 547 g/mol. The van der Waals surface area contributed by atoms with Gasteiger partial charge in [-0.05, 0) is 36.6 Å². The van der Waals surface area contributed by atoms with E-state index in [2.05, 4.69) is 5.32 Å². The Kier molecular flexibility index (Phi) is 8.81. The van der Waals surface area contributed by atoms with E-state index in [-0.39, 0.29) is 48.3 Å². The van der Waals surface area contributed by atoms with E-state index < -0.39 is 27.9 Å². The first-order valence-electron chi connectivity index (χ1n) is 13.1. The van der Waals surface area contributed by atoms with E-state index in [9.17, 15) is 22.8 Å². The van der Waals surface area contributed by atoms with Crippen molar-refractivity contribution in [2.24, 2.45) is 0 Å². The molecule has 4 rings (SSSR count). The average Bonchev–Trinajstić information content (AvgIpc) is 3.14. The summed E-state index contributed by atoms with van der Waals surface area (Å²) < 4.78 is 26.8. The van der Waals surface area contributed by atoms with E-state index in [4.69, 9.17) is 0 Å². The number of nitrogens with one attached hydrogen (secondary N) is 1. The van der Waals surface area contributed by atoms with Crippen LogP contribution in [0.4, 0.5) is 0 Å². The van der Waals surface area contributed by atoms with E-state index in [1.807, 2.05) is 74.5 Å². The molecule has 0 fully saturated rings. The number of carbonyl (C=O) groups excluding carboxylic acids is 3. The summed E-state index contributed by atoms with van der Waals surface area (Å²) in [5, 5.41) is 3.01. The summed E-state index contributed by atoms with van der Waals surface area (Å²) in [5.41, 5.74) is 1.82. The maximum Gasteiger partial charge on any atom is 0.269 e. The molecule has 3 aromatic carbocycles. The van der Waals surface area contributed by atoms with Crippen LogP contribution in [-0.2, 0) is 32.6 Å². The Morgan fingerprint density at radius 2 is 1.49 bits per heavy atom. The van der Waals surface area contributed by atoms with E-state index in [0.717, 1.165) is 21.9 Å². The third-order valence-corrected chi connectivity index (χ3v) is 8.75. The minimum Gasteiger partial charge on any atom is -0.352 e. The van der Waals surface area contributed by atoms with Gasteiger partial charge in [0, 0.05) is 32.0 Å². The maximum atomic E-state index is 13.8. The number of sulfonamides is 1. The van der Waals surface area contributed by atoms with Crippen molar-refractivity contribution < 1.29 is 22.8 Å². The van der Waals surface area contributed by atoms with E-state index >= 15 is 0 Å². The lowest BCUT2D eigenvalue weighted by Gasteiger charge is -2.32. The maximum absolute atomic E-state index is 13.8. The number of hydrogen-bond acceptors (Lipinski definition) is 5. The van der Waals surface area contributed by atoms with Gasteiger partial charge in [-0.25, -0.2) is 12.7 Å². The molecule has 0 spiro atoms. The van der Waals surface area contributed by atoms with Crippen molar-refractivity contribution in [2.75, 3.05) is 6.54 Å². The van der Waals surface area contributed by atoms with Crippen molar-refractivity contribution in [2.45, 2.75) is 56.6 Å². The third kappa shape index (κ3) is 6.37. The first-order valence-corrected chi connectivity index (χ1v) is 14.5. The molecule has 0 saturated carbocycles. The smallest absolute Gasteiger partial charge is 0.269 e. The van der Waals surface area contributed by atoms with Crippen LogP contribution in [-0.4, -0.2) is 54.0 Å². The lowest BCUT2D eigenvalue weighted by Crippen LogP contribution is -2.52. The molecule has 3 amide bonds. The summed E-state index contributed by atoms with van der Waals surface area (Å²) >= 11 is 0. The van der Waals surface area contributed by atoms with Gasteiger partial charge in [0.25, 0.3) is 15.9 Å². The van der Waals surface area contributed by atoms with Crippen LogP contribution < -0.4 is 5.32 Å². The van der Waals surface area contributed by atoms with Crippen LogP contribution in [0.25, 0.3) is 0 Å². The average molecular weight is 548 g/mol. The van der Waals surface area contributed by atoms with Crippen molar-refractivity contribution in [1.82, 2.24) is 14.5 Å². The van der Waals surface area contributed by atoms with E-state index in [1.54, 1.807) is 12.1 Å². The molecule has 0 aromatic heterocycles. The van der Waals surface area contributed by atoms with Crippen molar-refractivity contribution in [3.8, 4) is 0 Å². The van der Waals surface area contributed by atoms with Crippen molar-refractivity contribution >= 4 is 27.7 Å². The molecule has 3 aromatic rings. The largest absolute Gasteiger partial charge is 0.352 e. The zero-order chi connectivity index (χ0) is 28.0. The number of fused-ring (bicyclic) bond motifs is 1. The normalized spacial score (nSPS) is 15.3. The summed E-state index contributed by atoms with van der Waals surface area (Å²) in [6, 6.07) is 23.9. The molecule has 0 saturated heterocycles. The molecule has 1 aliphatic rings. The molecule has 9 heteroatoms. The fourth-order valence-electron chi connectivity index (χ4n) is 4.57. The van der Waals surface area contributed by atoms with Crippen molar-refractivity contribution in [3.05, 3.63) is 102 Å². The van der Waals surface area contributed by atoms with Gasteiger partial charge in [-0.15, -0.1) is 0 Å². The summed E-state index contributed by atoms with van der Waals surface area (Å²) in [7, 11) is -4.05. The number of rotatable bonds is 11. The molecule has 0 bridgehead atoms. The van der Waals surface area contributed by atoms with Crippen LogP contribution in [0.5, 0.6) is 0 Å². The second kappa shape index (κ2) is 12.3. The molecular formula is C30H33N3O5S. The Labute approximate surface area is 229 Å². The fraction of sp³-hybridized carbons (Fsp3) is 0.300. The zero-order valence-corrected chi connectivity index (χ0v) is 22.9. The predicted molar refractivity (Wildman–Crippen MR) is 148 cm³/mol. The van der Waals surface area contributed by atoms with Gasteiger partial charge >= 0.3 is 0 Å². The standard InChI is InChI=1S/C30H33N3O5S/c1-3-22(2)31-29(35)26(20-23-12-6-4-7-13-23)32(21-24-14-8-5-9-15-24)28(34)18-19-33-30(36)25-16-10-11-17-27(25)39(33,37)38/h4-17,22,26H,3,18-21H2,1-2H3,(H,31,35)/t22-,26+/m1/s1. The van der Waals surface area contributed by atoms with E-state index in [1.165, 1.54) is 17.0 Å². The second-order valence-corrected chi connectivity index (χ2v) is 11.5. The molecule has 1 heterocycles. The van der Waals surface area contributed by atoms with Gasteiger partial charge in [0.05, 0.1) is 5.56 Å². The molecule has 2 atom stereocenters. The molecule has 8 nitrogen and oxygen atoms in total. The summed E-state index contributed by atoms with van der Waals surface area (Å²) in [6.45, 7) is 3.72. The minimum absolute atomic E-state index is 0.0570. The lowest BCUT2D eigenvalue weighted by atomic mass is 10.0. The minimum atomic E-state index is -4.05. The van der Waals surface area contributed by atoms with Gasteiger partial charge in [-0.2, -0.15) is 0 Å². The van der Waals surface area contributed by atoms with Crippen LogP contribution >= 0.6 is 0 Å². The third-order valence-electron chi connectivity index (χ3n) is 6.91. The van der Waals surface area contributed by atoms with Gasteiger partial charge < -0.3 is 10.2 Å². The fourth-order valence-corrected chi connectivity index (χ4v) is 6.14. The zero-order valence-electron chi connectivity index (χ0n) is 22.1. The Morgan fingerprint density at radius 3 is 2.10 bits per heavy atom. The van der Waals surface area contributed by atoms with Crippen molar-refractivity contribution in [1.29, 1.82) is 0 Å². The quantitative estimate of drug-likeness (QED) is 0.394. The number of benzene rings is 3. The first kappa shape index (κ1) is 28.0. The van der Waals surface area contributed by atoms with Gasteiger partial charge in [0.15, 0.2) is 0 Å². The molecule has 0 aliphatic carbocycles. The first-order chi connectivity index (χ1) is 18.7. The Bertz CT molecular complexity index is 1430. The highest BCUT2D eigenvalue weighted by molar-refractivity contribution is 7.90. The SMILES string of the molecule is CC[C@@H](C)NC(=O)[C@H](Cc1ccccc1)N(Cc1ccccc1)C(=O)CCN1C(=O)c2ccccc2S1(=O)=O. The summed E-state index contributed by atoms with van der Waals surface area (Å²) in [6.07, 6.45) is 0.758. The molecule has 39 heavy (non-hydrogen) atoms. The highest BCUT2D eigenvalue weighted by Gasteiger charge is 2.41. The molecule has 0 radical (unpaired) electrons. The van der Waals surface area contributed by atoms with Gasteiger partial charge in [0.1, 0.15) is 10.9 Å². The number of nitrogens with zero attached hydrogens (tertiary/aromatic N) is 2. The number of hydrogen-bond donors (Lipinski definition) is 1. The Hall–Kier alpha value is -3.98. The van der Waals surface area contributed by atoms with Crippen molar-refractivity contribution in [3.63, 3.8) is 0 Å². The Balaban J connectivity index is 1.62. The van der Waals surface area contributed by atoms with Crippen LogP contribution in [0.15, 0.2) is 89.8 Å². The second-order valence-electron chi connectivity index (χ2n) is 9.66. The highest BCUT2D eigenvalue weighted by atomic mass is 32.2. The van der Waals surface area contributed by atoms with Crippen LogP contribution in [0, 0.1) is 0 Å². The summed E-state index contributed by atoms with van der Waals surface area (Å²) in [4.78, 5) is 41.7. The number of amides is 3. The molecular weight excluding hydrogens is 514 g/mol. The highest BCUT2D eigenvalue weighted by Crippen LogP contribution is 2.30. The molecule has 1 N–H and O–H groups in total. The topological polar surface area (TPSA) is 104 Å². The van der Waals surface area contributed by atoms with E-state index in [0.29, 0.717) is 0 Å². The predicted octanol–water partition coefficient (Wildman–Crippen LogP) is 3.78. The van der Waals surface area contributed by atoms with Crippen LogP contribution in [0.2, 0.25) is 0 Å². The molecule has 204 valence electrons. The lowest BCUT2D eigenvalue weighted by molar-refractivity contribution is -0.141. The van der Waals surface area contributed by atoms with Gasteiger partial charge in [-0.3, -0.25) is 14.4 Å². The van der Waals surface area contributed by atoms with Crippen LogP contribution in [0.3, 0.4) is 0 Å². The van der Waals surface area contributed by atoms with Crippen LogP contribution in [0.1, 0.15) is 48.2 Å².